The molecule has 0 bridgehead atoms. The number of hydrogen-bond acceptors (Lipinski definition) is 3. The van der Waals surface area contributed by atoms with Crippen LogP contribution in [0.2, 0.25) is 0 Å². The van der Waals surface area contributed by atoms with Crippen LogP contribution < -0.4 is 21.8 Å². The second kappa shape index (κ2) is 8.80. The van der Waals surface area contributed by atoms with Gasteiger partial charge in [-0.05, 0) is 23.6 Å². The van der Waals surface area contributed by atoms with Gasteiger partial charge >= 0.3 is 0 Å². The lowest BCUT2D eigenvalue weighted by Gasteiger charge is -2.01. The van der Waals surface area contributed by atoms with Gasteiger partial charge in [0.15, 0.2) is 0 Å². The summed E-state index contributed by atoms with van der Waals surface area (Å²) in [6.45, 7) is 8.05. The van der Waals surface area contributed by atoms with Crippen LogP contribution in [-0.4, -0.2) is 19.9 Å². The number of rotatable bonds is 3. The number of nitrogens with one attached hydrogen (secondary N) is 3. The van der Waals surface area contributed by atoms with Crippen LogP contribution >= 0.6 is 0 Å². The lowest BCUT2D eigenvalue weighted by Crippen LogP contribution is -2.46. The Kier molecular flexibility index (Phi) is 6.49. The van der Waals surface area contributed by atoms with E-state index in [-0.39, 0.29) is 27.7 Å². The molecule has 0 aliphatic carbocycles. The van der Waals surface area contributed by atoms with Gasteiger partial charge in [-0.3, -0.25) is 9.59 Å². The van der Waals surface area contributed by atoms with Crippen molar-refractivity contribution < 1.29 is 0 Å². The summed E-state index contributed by atoms with van der Waals surface area (Å²) in [5, 5.41) is 0.397. The quantitative estimate of drug-likeness (QED) is 0.668. The van der Waals surface area contributed by atoms with Crippen LogP contribution in [0.4, 0.5) is 0 Å². The minimum Gasteiger partial charge on any atom is -0.348 e. The maximum atomic E-state index is 12.3. The minimum atomic E-state index is -0.366. The second-order valence-electron chi connectivity index (χ2n) is 5.79. The van der Waals surface area contributed by atoms with Crippen molar-refractivity contribution in [1.29, 1.82) is 0 Å². The van der Waals surface area contributed by atoms with E-state index >= 15 is 0 Å². The zero-order chi connectivity index (χ0) is 19.1. The first-order chi connectivity index (χ1) is 12.5. The topological polar surface area (TPSA) is 94.4 Å². The summed E-state index contributed by atoms with van der Waals surface area (Å²) in [5.41, 5.74) is 1.67. The first-order valence-corrected chi connectivity index (χ1v) is 8.69. The van der Waals surface area contributed by atoms with Crippen LogP contribution in [0.25, 0.3) is 12.2 Å². The number of aromatic amines is 3. The Morgan fingerprint density at radius 3 is 2.08 bits per heavy atom. The van der Waals surface area contributed by atoms with Crippen LogP contribution in [0, 0.1) is 0 Å². The first kappa shape index (κ1) is 19.2. The molecular formula is C20H24N4O2. The highest BCUT2D eigenvalue weighted by molar-refractivity contribution is 5.48. The van der Waals surface area contributed by atoms with Crippen LogP contribution in [0.1, 0.15) is 50.6 Å². The second-order valence-corrected chi connectivity index (χ2v) is 5.79. The van der Waals surface area contributed by atoms with Crippen LogP contribution in [0.15, 0.2) is 46.2 Å². The predicted molar refractivity (Wildman–Crippen MR) is 105 cm³/mol. The number of imidazole rings is 1. The molecule has 3 N–H and O–H groups in total. The summed E-state index contributed by atoms with van der Waals surface area (Å²) in [5.74, 6) is 0.232. The molecule has 3 rings (SSSR count). The summed E-state index contributed by atoms with van der Waals surface area (Å²) >= 11 is 0. The summed E-state index contributed by atoms with van der Waals surface area (Å²) in [6.07, 6.45) is 4.79. The average molecular weight is 352 g/mol. The van der Waals surface area contributed by atoms with Crippen molar-refractivity contribution in [2.75, 3.05) is 0 Å². The standard InChI is InChI=1S/C18H18N4O2.C2H6/c1-11(2)16-13(19-10-20-16)9-15-18(24)21-14(17(23)22-15)8-12-6-4-3-5-7-12;1-2/h3-11H,1-2H3,(H,19,20)(H,21,24)(H,22,23);1-2H3/b14-8-,15-9-;. The summed E-state index contributed by atoms with van der Waals surface area (Å²) in [4.78, 5) is 37.0. The van der Waals surface area contributed by atoms with Gasteiger partial charge in [0.2, 0.25) is 0 Å². The average Bonchev–Trinajstić information content (AvgIpc) is 3.10. The normalized spacial score (nSPS) is 12.2. The molecule has 6 nitrogen and oxygen atoms in total. The van der Waals surface area contributed by atoms with Gasteiger partial charge in [0.25, 0.3) is 11.1 Å². The van der Waals surface area contributed by atoms with E-state index < -0.39 is 0 Å². The molecule has 1 aromatic carbocycles. The third kappa shape index (κ3) is 4.47. The molecule has 0 amide bonds. The predicted octanol–water partition coefficient (Wildman–Crippen LogP) is 1.59. The molecule has 0 saturated carbocycles. The van der Waals surface area contributed by atoms with Crippen molar-refractivity contribution in [3.63, 3.8) is 0 Å². The summed E-state index contributed by atoms with van der Waals surface area (Å²) < 4.78 is 0. The number of benzene rings is 1. The van der Waals surface area contributed by atoms with E-state index in [2.05, 4.69) is 19.9 Å². The highest BCUT2D eigenvalue weighted by Crippen LogP contribution is 2.14. The molecule has 0 atom stereocenters. The smallest absolute Gasteiger partial charge is 0.272 e. The molecule has 0 fully saturated rings. The molecule has 0 saturated heterocycles. The minimum absolute atomic E-state index is 0.180. The van der Waals surface area contributed by atoms with Crippen molar-refractivity contribution in [3.05, 3.63) is 85.0 Å². The highest BCUT2D eigenvalue weighted by atomic mass is 16.1. The molecule has 2 heterocycles. The number of H-pyrrole nitrogens is 3. The fourth-order valence-electron chi connectivity index (χ4n) is 2.44. The maximum Gasteiger partial charge on any atom is 0.272 e. The monoisotopic (exact) mass is 352 g/mol. The molecule has 0 aliphatic heterocycles. The van der Waals surface area contributed by atoms with Gasteiger partial charge in [0.05, 0.1) is 12.0 Å². The maximum absolute atomic E-state index is 12.3. The Morgan fingerprint density at radius 1 is 0.923 bits per heavy atom. The van der Waals surface area contributed by atoms with Crippen molar-refractivity contribution in [2.45, 2.75) is 33.6 Å². The van der Waals surface area contributed by atoms with Crippen LogP contribution in [0.5, 0.6) is 0 Å². The van der Waals surface area contributed by atoms with Crippen molar-refractivity contribution in [1.82, 2.24) is 19.9 Å². The molecule has 2 aromatic heterocycles. The van der Waals surface area contributed by atoms with Crippen molar-refractivity contribution in [3.8, 4) is 0 Å². The fourth-order valence-corrected chi connectivity index (χ4v) is 2.44. The van der Waals surface area contributed by atoms with Gasteiger partial charge in [-0.1, -0.05) is 58.0 Å². The Balaban J connectivity index is 0.00000117. The lowest BCUT2D eigenvalue weighted by atomic mass is 10.1. The molecule has 136 valence electrons. The van der Waals surface area contributed by atoms with E-state index in [1.807, 2.05) is 58.0 Å². The van der Waals surface area contributed by atoms with E-state index in [0.717, 1.165) is 11.3 Å². The van der Waals surface area contributed by atoms with Gasteiger partial charge in [-0.25, -0.2) is 4.98 Å². The zero-order valence-corrected chi connectivity index (χ0v) is 15.5. The third-order valence-electron chi connectivity index (χ3n) is 3.65. The van der Waals surface area contributed by atoms with E-state index in [0.29, 0.717) is 5.69 Å². The fraction of sp³-hybridized carbons (Fsp3) is 0.250. The third-order valence-corrected chi connectivity index (χ3v) is 3.65. The van der Waals surface area contributed by atoms with E-state index in [1.54, 1.807) is 18.5 Å². The number of aromatic nitrogens is 4. The molecule has 26 heavy (non-hydrogen) atoms. The van der Waals surface area contributed by atoms with Gasteiger partial charge in [-0.2, -0.15) is 0 Å². The SMILES string of the molecule is CC.CC(C)c1[nH]cnc1/C=c1\[nH]c(=O)/c(=C/c2ccccc2)[nH]c1=O. The Labute approximate surface area is 151 Å². The van der Waals surface area contributed by atoms with Crippen LogP contribution in [-0.2, 0) is 0 Å². The molecule has 0 radical (unpaired) electrons. The summed E-state index contributed by atoms with van der Waals surface area (Å²) in [6, 6.07) is 9.34. The lowest BCUT2D eigenvalue weighted by molar-refractivity contribution is 0.829. The highest BCUT2D eigenvalue weighted by Gasteiger charge is 2.07. The van der Waals surface area contributed by atoms with Gasteiger partial charge in [-0.15, -0.1) is 0 Å². The molecular weight excluding hydrogens is 328 g/mol. The van der Waals surface area contributed by atoms with E-state index in [9.17, 15) is 9.59 Å². The van der Waals surface area contributed by atoms with Crippen molar-refractivity contribution in [2.24, 2.45) is 0 Å². The Morgan fingerprint density at radius 2 is 1.50 bits per heavy atom. The molecule has 0 aliphatic rings. The number of nitrogens with zero attached hydrogens (tertiary/aromatic N) is 1. The molecule has 0 unspecified atom stereocenters. The van der Waals surface area contributed by atoms with Crippen LogP contribution in [0.3, 0.4) is 0 Å². The van der Waals surface area contributed by atoms with E-state index in [1.165, 1.54) is 0 Å². The van der Waals surface area contributed by atoms with Gasteiger partial charge in [0.1, 0.15) is 10.7 Å². The first-order valence-electron chi connectivity index (χ1n) is 8.69. The Hall–Kier alpha value is -3.15. The Bertz CT molecular complexity index is 1070. The van der Waals surface area contributed by atoms with E-state index in [4.69, 9.17) is 0 Å². The molecule has 0 spiro atoms. The summed E-state index contributed by atoms with van der Waals surface area (Å²) in [7, 11) is 0. The van der Waals surface area contributed by atoms with Crippen molar-refractivity contribution >= 4 is 12.2 Å². The molecule has 6 heteroatoms. The van der Waals surface area contributed by atoms with Gasteiger partial charge in [0, 0.05) is 5.69 Å². The van der Waals surface area contributed by atoms with Gasteiger partial charge < -0.3 is 15.0 Å². The largest absolute Gasteiger partial charge is 0.348 e. The zero-order valence-electron chi connectivity index (χ0n) is 15.5. The number of hydrogen-bond donors (Lipinski definition) is 3. The molecule has 3 aromatic rings.